The molecule has 1 saturated heterocycles. The summed E-state index contributed by atoms with van der Waals surface area (Å²) < 4.78 is 9.45. The summed E-state index contributed by atoms with van der Waals surface area (Å²) >= 11 is 0. The molecule has 1 aliphatic heterocycles. The number of H-pyrrole nitrogens is 1. The molecule has 5 amide bonds. The van der Waals surface area contributed by atoms with Crippen LogP contribution in [-0.2, 0) is 23.9 Å². The average molecular weight is 758 g/mol. The number of imidazole rings is 1. The van der Waals surface area contributed by atoms with Crippen molar-refractivity contribution in [3.05, 3.63) is 66.1 Å². The van der Waals surface area contributed by atoms with E-state index >= 15 is 0 Å². The molecule has 14 nitrogen and oxygen atoms in total. The van der Waals surface area contributed by atoms with Gasteiger partial charge in [-0.25, -0.2) is 25.0 Å². The van der Waals surface area contributed by atoms with Gasteiger partial charge in [-0.2, -0.15) is 0 Å². The van der Waals surface area contributed by atoms with Crippen LogP contribution in [0.15, 0.2) is 54.7 Å². The molecule has 1 unspecified atom stereocenters. The molecule has 2 aromatic carbocycles. The van der Waals surface area contributed by atoms with E-state index in [1.807, 2.05) is 69.3 Å². The third kappa shape index (κ3) is 9.65. The maximum atomic E-state index is 13.6. The molecule has 14 heteroatoms. The number of benzene rings is 2. The van der Waals surface area contributed by atoms with Gasteiger partial charge in [0.2, 0.25) is 17.7 Å². The van der Waals surface area contributed by atoms with E-state index in [1.54, 1.807) is 24.9 Å². The Kier molecular flexibility index (Phi) is 13.6. The highest BCUT2D eigenvalue weighted by molar-refractivity contribution is 5.89. The zero-order valence-corrected chi connectivity index (χ0v) is 32.9. The third-order valence-corrected chi connectivity index (χ3v) is 10.7. The number of hydrogen-bond donors (Lipinski definition) is 4. The lowest BCUT2D eigenvalue weighted by Gasteiger charge is -2.35. The van der Waals surface area contributed by atoms with Crippen LogP contribution < -0.4 is 16.1 Å². The first-order chi connectivity index (χ1) is 26.3. The van der Waals surface area contributed by atoms with Crippen molar-refractivity contribution in [2.45, 2.75) is 97.3 Å². The summed E-state index contributed by atoms with van der Waals surface area (Å²) in [6.45, 7) is 9.90. The van der Waals surface area contributed by atoms with E-state index in [-0.39, 0.29) is 41.8 Å². The fraction of sp³-hybridized carbons (Fsp3) is 0.512. The molecule has 2 aliphatic rings. The van der Waals surface area contributed by atoms with Gasteiger partial charge in [0.05, 0.1) is 44.1 Å². The second-order valence-corrected chi connectivity index (χ2v) is 15.1. The Labute approximate surface area is 323 Å². The Morgan fingerprint density at radius 3 is 1.98 bits per heavy atom. The Morgan fingerprint density at radius 2 is 1.38 bits per heavy atom. The van der Waals surface area contributed by atoms with Crippen LogP contribution in [-0.4, -0.2) is 82.6 Å². The van der Waals surface area contributed by atoms with Crippen LogP contribution in [0.3, 0.4) is 0 Å². The summed E-state index contributed by atoms with van der Waals surface area (Å²) in [6.07, 6.45) is 4.90. The number of likely N-dealkylation sites (tertiary alicyclic amines) is 1. The highest BCUT2D eigenvalue weighted by Crippen LogP contribution is 2.35. The van der Waals surface area contributed by atoms with Crippen molar-refractivity contribution in [2.75, 3.05) is 20.8 Å². The van der Waals surface area contributed by atoms with Gasteiger partial charge in [-0.05, 0) is 74.6 Å². The van der Waals surface area contributed by atoms with E-state index in [1.165, 1.54) is 19.2 Å². The van der Waals surface area contributed by atoms with E-state index in [0.717, 1.165) is 53.6 Å². The number of aromatic nitrogens is 2. The summed E-state index contributed by atoms with van der Waals surface area (Å²) in [6, 6.07) is 14.7. The molecule has 1 saturated carbocycles. The zero-order valence-electron chi connectivity index (χ0n) is 32.9. The Morgan fingerprint density at radius 1 is 0.782 bits per heavy atom. The molecule has 2 fully saturated rings. The molecule has 0 radical (unpaired) electrons. The van der Waals surface area contributed by atoms with Crippen LogP contribution in [0, 0.1) is 17.8 Å². The minimum absolute atomic E-state index is 0.113. The molecular weight excluding hydrogens is 702 g/mol. The highest BCUT2D eigenvalue weighted by Gasteiger charge is 2.40. The molecule has 0 bridgehead atoms. The van der Waals surface area contributed by atoms with Crippen LogP contribution >= 0.6 is 0 Å². The number of carbonyl (C=O) groups is 5. The minimum atomic E-state index is -0.727. The van der Waals surface area contributed by atoms with Crippen molar-refractivity contribution >= 4 is 29.9 Å². The monoisotopic (exact) mass is 757 g/mol. The van der Waals surface area contributed by atoms with Gasteiger partial charge in [0.25, 0.3) is 0 Å². The molecular formula is C41H55N7O7. The number of ether oxygens (including phenoxy) is 2. The smallest absolute Gasteiger partial charge is 0.425 e. The largest absolute Gasteiger partial charge is 0.453 e. The Bertz CT molecular complexity index is 1810. The first-order valence-corrected chi connectivity index (χ1v) is 19.2. The van der Waals surface area contributed by atoms with Crippen molar-refractivity contribution in [1.29, 1.82) is 0 Å². The van der Waals surface area contributed by atoms with Gasteiger partial charge in [-0.1, -0.05) is 75.2 Å². The minimum Gasteiger partial charge on any atom is -0.453 e. The molecule has 296 valence electrons. The number of methoxy groups -OCH3 is 2. The Hall–Kier alpha value is -5.40. The molecule has 5 rings (SSSR count). The second-order valence-electron chi connectivity index (χ2n) is 15.1. The molecule has 5 atom stereocenters. The quantitative estimate of drug-likeness (QED) is 0.165. The number of hydrogen-bond acceptors (Lipinski definition) is 8. The van der Waals surface area contributed by atoms with E-state index < -0.39 is 30.1 Å². The fourth-order valence-electron chi connectivity index (χ4n) is 7.56. The SMILES string of the molecule is COC(=O)NC(C(=O)N1CCC[C@H]1c1ncc(-c2ccc(-c3ccc([C@H](C)NC(=O)[C@H]4CCCC[C@H]4C(=O)N(NC(=O)OC)C(C)C)cc3)cc2)[nH]1)C(C)C. The maximum Gasteiger partial charge on any atom is 0.425 e. The van der Waals surface area contributed by atoms with Gasteiger partial charge in [0, 0.05) is 18.5 Å². The first-order valence-electron chi connectivity index (χ1n) is 19.2. The van der Waals surface area contributed by atoms with E-state index in [2.05, 4.69) is 26.0 Å². The number of hydrazine groups is 1. The van der Waals surface area contributed by atoms with Crippen molar-refractivity contribution in [3.8, 4) is 22.4 Å². The lowest BCUT2D eigenvalue weighted by Crippen LogP contribution is -2.54. The normalized spacial score (nSPS) is 19.4. The van der Waals surface area contributed by atoms with Crippen molar-refractivity contribution in [3.63, 3.8) is 0 Å². The fourth-order valence-corrected chi connectivity index (χ4v) is 7.56. The van der Waals surface area contributed by atoms with Crippen LogP contribution in [0.5, 0.6) is 0 Å². The first kappa shape index (κ1) is 40.8. The molecule has 4 N–H and O–H groups in total. The molecule has 3 aromatic rings. The lowest BCUT2D eigenvalue weighted by molar-refractivity contribution is -0.147. The van der Waals surface area contributed by atoms with Crippen LogP contribution in [0.4, 0.5) is 9.59 Å². The highest BCUT2D eigenvalue weighted by atomic mass is 16.5. The van der Waals surface area contributed by atoms with Crippen LogP contribution in [0.1, 0.15) is 96.6 Å². The predicted octanol–water partition coefficient (Wildman–Crippen LogP) is 6.28. The average Bonchev–Trinajstić information content (AvgIpc) is 3.89. The number of aromatic amines is 1. The lowest BCUT2D eigenvalue weighted by atomic mass is 9.77. The predicted molar refractivity (Wildman–Crippen MR) is 207 cm³/mol. The molecule has 1 aliphatic carbocycles. The molecule has 2 heterocycles. The standard InChI is InChI=1S/C41H55N7O7/c1-24(2)35(45-40(52)54-6)39(51)47-22-10-13-34(47)36-42-23-33(44-36)30-20-18-29(19-21-30)28-16-14-27(15-17-28)26(5)43-37(49)31-11-8-9-12-32(31)38(50)48(25(3)4)46-41(53)55-7/h14-21,23-26,31-32,34-35H,8-13,22H2,1-7H3,(H,42,44)(H,43,49)(H,45,52)(H,46,53)/t26-,31-,32+,34-,35?/m0/s1. The molecule has 0 spiro atoms. The number of amides is 5. The van der Waals surface area contributed by atoms with Crippen molar-refractivity contribution in [2.24, 2.45) is 17.8 Å². The second kappa shape index (κ2) is 18.3. The molecule has 55 heavy (non-hydrogen) atoms. The van der Waals surface area contributed by atoms with Crippen molar-refractivity contribution < 1.29 is 33.4 Å². The third-order valence-electron chi connectivity index (χ3n) is 10.7. The summed E-state index contributed by atoms with van der Waals surface area (Å²) in [5.74, 6) is -1.05. The van der Waals surface area contributed by atoms with Gasteiger partial charge in [-0.3, -0.25) is 14.4 Å². The number of carbonyl (C=O) groups excluding carboxylic acids is 5. The summed E-state index contributed by atoms with van der Waals surface area (Å²) in [5.41, 5.74) is 7.28. The number of alkyl carbamates (subject to hydrolysis) is 1. The van der Waals surface area contributed by atoms with Gasteiger partial charge < -0.3 is 30.0 Å². The topological polar surface area (TPSA) is 175 Å². The summed E-state index contributed by atoms with van der Waals surface area (Å²) in [7, 11) is 2.53. The van der Waals surface area contributed by atoms with E-state index in [0.29, 0.717) is 25.2 Å². The Balaban J connectivity index is 1.21. The summed E-state index contributed by atoms with van der Waals surface area (Å²) in [5, 5.41) is 7.09. The number of rotatable bonds is 11. The van der Waals surface area contributed by atoms with Gasteiger partial charge in [0.15, 0.2) is 0 Å². The van der Waals surface area contributed by atoms with Gasteiger partial charge in [-0.15, -0.1) is 0 Å². The van der Waals surface area contributed by atoms with Crippen LogP contribution in [0.25, 0.3) is 22.4 Å². The van der Waals surface area contributed by atoms with Crippen LogP contribution in [0.2, 0.25) is 0 Å². The van der Waals surface area contributed by atoms with E-state index in [4.69, 9.17) is 9.47 Å². The number of nitrogens with one attached hydrogen (secondary N) is 4. The zero-order chi connectivity index (χ0) is 39.8. The maximum absolute atomic E-state index is 13.6. The van der Waals surface area contributed by atoms with Gasteiger partial charge in [0.1, 0.15) is 11.9 Å². The van der Waals surface area contributed by atoms with Crippen molar-refractivity contribution in [1.82, 2.24) is 35.9 Å². The molecule has 1 aromatic heterocycles. The number of nitrogens with zero attached hydrogens (tertiary/aromatic N) is 3. The summed E-state index contributed by atoms with van der Waals surface area (Å²) in [4.78, 5) is 74.4. The van der Waals surface area contributed by atoms with Gasteiger partial charge >= 0.3 is 12.2 Å². The van der Waals surface area contributed by atoms with E-state index in [9.17, 15) is 24.0 Å².